The third-order valence-electron chi connectivity index (χ3n) is 9.06. The number of aliphatic hydroxyl groups excluding tert-OH is 1. The van der Waals surface area contributed by atoms with Crippen LogP contribution >= 0.6 is 0 Å². The van der Waals surface area contributed by atoms with Crippen LogP contribution in [-0.2, 0) is 30.7 Å². The van der Waals surface area contributed by atoms with Crippen molar-refractivity contribution < 1.29 is 51.9 Å². The van der Waals surface area contributed by atoms with Crippen molar-refractivity contribution in [2.45, 2.75) is 82.4 Å². The Labute approximate surface area is 287 Å². The maximum absolute atomic E-state index is 14.4. The van der Waals surface area contributed by atoms with E-state index in [9.17, 15) is 28.2 Å². The largest absolute Gasteiger partial charge is 0.530 e. The number of benzene rings is 2. The topological polar surface area (TPSA) is 176 Å². The maximum Gasteiger partial charge on any atom is 0.407 e. The molecule has 3 heterocycles. The summed E-state index contributed by atoms with van der Waals surface area (Å²) >= 11 is 0. The zero-order valence-corrected chi connectivity index (χ0v) is 29.1. The van der Waals surface area contributed by atoms with Crippen LogP contribution in [0.5, 0.6) is 11.5 Å². The number of hydrogen-bond donors (Lipinski definition) is 2. The number of carbonyl (C=O) groups excluding carboxylic acids is 2. The molecule has 0 aliphatic carbocycles. The Kier molecular flexibility index (Phi) is 11.6. The lowest BCUT2D eigenvalue weighted by Crippen LogP contribution is -2.61. The third kappa shape index (κ3) is 8.94. The monoisotopic (exact) mass is 704 g/mol. The molecule has 2 aromatic rings. The van der Waals surface area contributed by atoms with E-state index < -0.39 is 58.6 Å². The van der Waals surface area contributed by atoms with Crippen LogP contribution in [-0.4, -0.2) is 105 Å². The number of rotatable bonds is 15. The number of hydrogen-bond acceptors (Lipinski definition) is 11. The highest BCUT2D eigenvalue weighted by molar-refractivity contribution is 7.89. The van der Waals surface area contributed by atoms with E-state index in [1.54, 1.807) is 13.8 Å². The lowest BCUT2D eigenvalue weighted by molar-refractivity contribution is -0.273. The van der Waals surface area contributed by atoms with Gasteiger partial charge in [0, 0.05) is 31.6 Å². The summed E-state index contributed by atoms with van der Waals surface area (Å²) in [7, 11) is -4.29. The van der Waals surface area contributed by atoms with E-state index in [1.807, 2.05) is 44.2 Å². The molecule has 0 unspecified atom stereocenters. The molecule has 0 radical (unpaired) electrons. The number of carbonyl (C=O) groups is 2. The van der Waals surface area contributed by atoms with Gasteiger partial charge in [-0.3, -0.25) is 0 Å². The average molecular weight is 705 g/mol. The van der Waals surface area contributed by atoms with Crippen molar-refractivity contribution >= 4 is 22.2 Å². The second-order valence-electron chi connectivity index (χ2n) is 13.7. The molecule has 2 aromatic carbocycles. The van der Waals surface area contributed by atoms with E-state index >= 15 is 0 Å². The van der Waals surface area contributed by atoms with Gasteiger partial charge in [0.1, 0.15) is 6.09 Å². The zero-order chi connectivity index (χ0) is 35.3. The Morgan fingerprint density at radius 2 is 1.84 bits per heavy atom. The molecule has 2 fully saturated rings. The van der Waals surface area contributed by atoms with Gasteiger partial charge in [-0.05, 0) is 56.2 Å². The SMILES string of the molecule is CC(C)OC(=O)NCCC(C)(C)CN(C[C@@H](O)[C@H](Cc1ccccc1)N(C(=O)[O-])[C@H]1CO[C@H]2OCC[C@H]21)S(=O)(=O)c1ccc2c(c1)OCO2. The molecular weight excluding hydrogens is 658 g/mol. The molecule has 0 bridgehead atoms. The van der Waals surface area contributed by atoms with Gasteiger partial charge >= 0.3 is 6.09 Å². The van der Waals surface area contributed by atoms with Crippen molar-refractivity contribution in [3.05, 3.63) is 54.1 Å². The normalized spacial score (nSPS) is 21.4. The molecule has 49 heavy (non-hydrogen) atoms. The average Bonchev–Trinajstić information content (AvgIpc) is 3.78. The van der Waals surface area contributed by atoms with Gasteiger partial charge in [-0.15, -0.1) is 0 Å². The fourth-order valence-corrected chi connectivity index (χ4v) is 8.26. The number of nitrogens with zero attached hydrogens (tertiary/aromatic N) is 2. The highest BCUT2D eigenvalue weighted by atomic mass is 32.2. The van der Waals surface area contributed by atoms with Crippen LogP contribution < -0.4 is 19.9 Å². The Morgan fingerprint density at radius 1 is 1.10 bits per heavy atom. The van der Waals surface area contributed by atoms with Crippen LogP contribution in [0.2, 0.25) is 0 Å². The first-order valence-corrected chi connectivity index (χ1v) is 18.0. The highest BCUT2D eigenvalue weighted by Gasteiger charge is 2.47. The molecule has 2 amide bonds. The maximum atomic E-state index is 14.4. The first-order chi connectivity index (χ1) is 23.2. The molecule has 14 nitrogen and oxygen atoms in total. The van der Waals surface area contributed by atoms with E-state index in [2.05, 4.69) is 5.32 Å². The van der Waals surface area contributed by atoms with Crippen molar-refractivity contribution in [2.75, 3.05) is 39.6 Å². The quantitative estimate of drug-likeness (QED) is 0.278. The summed E-state index contributed by atoms with van der Waals surface area (Å²) in [4.78, 5) is 26.0. The third-order valence-corrected chi connectivity index (χ3v) is 10.9. The molecule has 5 atom stereocenters. The van der Waals surface area contributed by atoms with Gasteiger partial charge in [0.05, 0.1) is 42.4 Å². The van der Waals surface area contributed by atoms with Crippen LogP contribution in [0.25, 0.3) is 0 Å². The first-order valence-electron chi connectivity index (χ1n) is 16.5. The smallest absolute Gasteiger partial charge is 0.407 e. The molecule has 0 aromatic heterocycles. The molecule has 3 aliphatic heterocycles. The van der Waals surface area contributed by atoms with Crippen LogP contribution in [0, 0.1) is 11.3 Å². The van der Waals surface area contributed by atoms with Crippen LogP contribution in [0.1, 0.15) is 46.1 Å². The zero-order valence-electron chi connectivity index (χ0n) is 28.3. The lowest BCUT2D eigenvalue weighted by Gasteiger charge is -2.43. The van der Waals surface area contributed by atoms with Gasteiger partial charge in [0.25, 0.3) is 0 Å². The molecular formula is C34H46N3O11S-. The van der Waals surface area contributed by atoms with Gasteiger partial charge in [-0.25, -0.2) is 13.2 Å². The van der Waals surface area contributed by atoms with Gasteiger partial charge in [-0.2, -0.15) is 4.31 Å². The number of alkyl carbamates (subject to hydrolysis) is 1. The van der Waals surface area contributed by atoms with E-state index in [0.29, 0.717) is 25.2 Å². The minimum atomic E-state index is -4.29. The standard InChI is InChI=1S/C34H47N3O11S/c1-22(2)48-32(39)35-14-13-34(3,4)20-36(49(42,43)24-10-11-29-30(17-24)47-21-46-29)18-28(38)26(16-23-8-6-5-7-9-23)37(33(40)41)27-19-45-31-25(27)12-15-44-31/h5-11,17,22,25-28,31,38H,12-16,18-21H2,1-4H3,(H,35,39)(H,40,41)/p-1/t25-,26-,27-,28+,31+/m0/s1. The van der Waals surface area contributed by atoms with Crippen molar-refractivity contribution in [1.82, 2.24) is 14.5 Å². The number of amides is 2. The summed E-state index contributed by atoms with van der Waals surface area (Å²) in [6.07, 6.45) is -3.39. The first kappa shape index (κ1) is 36.6. The van der Waals surface area contributed by atoms with Crippen LogP contribution in [0.4, 0.5) is 9.59 Å². The molecule has 2 saturated heterocycles. The fraction of sp³-hybridized carbons (Fsp3) is 0.588. The second-order valence-corrected chi connectivity index (χ2v) is 15.6. The summed E-state index contributed by atoms with van der Waals surface area (Å²) in [5.74, 6) is 0.421. The molecule has 5 rings (SSSR count). The van der Waals surface area contributed by atoms with Crippen molar-refractivity contribution in [3.63, 3.8) is 0 Å². The second kappa shape index (κ2) is 15.5. The number of ether oxygens (including phenoxy) is 5. The Morgan fingerprint density at radius 3 is 2.55 bits per heavy atom. The van der Waals surface area contributed by atoms with Crippen LogP contribution in [0.3, 0.4) is 0 Å². The minimum absolute atomic E-state index is 0.0431. The summed E-state index contributed by atoms with van der Waals surface area (Å²) in [6.45, 7) is 7.29. The van der Waals surface area contributed by atoms with E-state index in [4.69, 9.17) is 23.7 Å². The summed E-state index contributed by atoms with van der Waals surface area (Å²) < 4.78 is 57.3. The van der Waals surface area contributed by atoms with Gasteiger partial charge in [-0.1, -0.05) is 44.2 Å². The molecule has 0 spiro atoms. The van der Waals surface area contributed by atoms with Crippen molar-refractivity contribution in [2.24, 2.45) is 11.3 Å². The molecule has 15 heteroatoms. The number of aliphatic hydroxyl groups is 1. The van der Waals surface area contributed by atoms with Crippen LogP contribution in [0.15, 0.2) is 53.4 Å². The van der Waals surface area contributed by atoms with Gasteiger partial charge < -0.3 is 48.9 Å². The minimum Gasteiger partial charge on any atom is -0.530 e. The summed E-state index contributed by atoms with van der Waals surface area (Å²) in [6, 6.07) is 11.6. The molecule has 270 valence electrons. The predicted molar refractivity (Wildman–Crippen MR) is 174 cm³/mol. The Balaban J connectivity index is 1.45. The lowest BCUT2D eigenvalue weighted by atomic mass is 9.89. The molecule has 2 N–H and O–H groups in total. The Hall–Kier alpha value is -3.63. The Bertz CT molecular complexity index is 1560. The number of sulfonamides is 1. The predicted octanol–water partition coefficient (Wildman–Crippen LogP) is 2.34. The number of fused-ring (bicyclic) bond motifs is 2. The van der Waals surface area contributed by atoms with Crippen molar-refractivity contribution in [1.29, 1.82) is 0 Å². The number of nitrogens with one attached hydrogen (secondary N) is 1. The highest BCUT2D eigenvalue weighted by Crippen LogP contribution is 2.38. The molecule has 3 aliphatic rings. The molecule has 0 saturated carbocycles. The van der Waals surface area contributed by atoms with E-state index in [1.165, 1.54) is 22.5 Å². The van der Waals surface area contributed by atoms with E-state index in [0.717, 1.165) is 10.5 Å². The van der Waals surface area contributed by atoms with Crippen molar-refractivity contribution in [3.8, 4) is 11.5 Å². The summed E-state index contributed by atoms with van der Waals surface area (Å²) in [5, 5.41) is 27.6. The number of carboxylic acid groups (broad SMARTS) is 1. The van der Waals surface area contributed by atoms with Gasteiger partial charge in [0.15, 0.2) is 17.8 Å². The fourth-order valence-electron chi connectivity index (χ4n) is 6.60. The van der Waals surface area contributed by atoms with E-state index in [-0.39, 0.29) is 55.6 Å². The summed E-state index contributed by atoms with van der Waals surface area (Å²) in [5.41, 5.74) is 0.0334. The van der Waals surface area contributed by atoms with Gasteiger partial charge in [0.2, 0.25) is 16.8 Å².